The highest BCUT2D eigenvalue weighted by Gasteiger charge is 1.56. The molecule has 0 saturated carbocycles. The second-order valence-corrected chi connectivity index (χ2v) is 0.493. The SMILES string of the molecule is Cl.[2H]C([2H])(C=C)NN. The Morgan fingerprint density at radius 3 is 2.67 bits per heavy atom. The zero-order valence-electron chi connectivity index (χ0n) is 5.27. The van der Waals surface area contributed by atoms with Gasteiger partial charge < -0.3 is 0 Å². The third-order valence-electron chi connectivity index (χ3n) is 0.185. The maximum absolute atomic E-state index is 6.74. The molecule has 0 fully saturated rings. The predicted molar refractivity (Wildman–Crippen MR) is 29.6 cm³/mol. The van der Waals surface area contributed by atoms with Crippen LogP contribution in [0.2, 0.25) is 0 Å². The molecule has 0 heterocycles. The molecule has 38 valence electrons. The molecule has 0 rings (SSSR count). The number of nitrogens with one attached hydrogen (secondary N) is 1. The number of halogens is 1. The van der Waals surface area contributed by atoms with Gasteiger partial charge in [-0.15, -0.1) is 19.0 Å². The van der Waals surface area contributed by atoms with E-state index in [1.54, 1.807) is 0 Å². The van der Waals surface area contributed by atoms with Gasteiger partial charge in [0.15, 0.2) is 0 Å². The van der Waals surface area contributed by atoms with Crippen LogP contribution in [0.15, 0.2) is 12.7 Å². The minimum atomic E-state index is -1.62. The third kappa shape index (κ3) is 9.04. The number of hydrogen-bond donors (Lipinski definition) is 2. The molecule has 0 amide bonds. The van der Waals surface area contributed by atoms with E-state index in [0.29, 0.717) is 0 Å². The van der Waals surface area contributed by atoms with Gasteiger partial charge in [-0.2, -0.15) is 0 Å². The molecule has 0 atom stereocenters. The molecule has 0 aromatic rings. The Labute approximate surface area is 46.6 Å². The van der Waals surface area contributed by atoms with Crippen LogP contribution < -0.4 is 11.3 Å². The average molecular weight is 111 g/mol. The second kappa shape index (κ2) is 8.87. The Bertz CT molecular complexity index is 75.7. The molecule has 2 nitrogen and oxygen atoms in total. The minimum absolute atomic E-state index is 0. The van der Waals surface area contributed by atoms with E-state index in [0.717, 1.165) is 6.08 Å². The van der Waals surface area contributed by atoms with Crippen LogP contribution in [0.3, 0.4) is 0 Å². The van der Waals surface area contributed by atoms with Gasteiger partial charge in [-0.1, -0.05) is 6.08 Å². The molecule has 0 radical (unpaired) electrons. The van der Waals surface area contributed by atoms with Gasteiger partial charge in [0.05, 0.1) is 0 Å². The summed E-state index contributed by atoms with van der Waals surface area (Å²) in [6.07, 6.45) is 1.09. The molecule has 6 heavy (non-hydrogen) atoms. The van der Waals surface area contributed by atoms with E-state index in [9.17, 15) is 0 Å². The van der Waals surface area contributed by atoms with E-state index in [4.69, 9.17) is 8.58 Å². The third-order valence-corrected chi connectivity index (χ3v) is 0.185. The van der Waals surface area contributed by atoms with E-state index in [1.165, 1.54) is 0 Å². The van der Waals surface area contributed by atoms with Gasteiger partial charge in [-0.25, -0.2) is 0 Å². The predicted octanol–water partition coefficient (Wildman–Crippen LogP) is 0.0575. The fraction of sp³-hybridized carbons (Fsp3) is 0.333. The van der Waals surface area contributed by atoms with Crippen LogP contribution in [0.1, 0.15) is 2.74 Å². The topological polar surface area (TPSA) is 38.0 Å². The summed E-state index contributed by atoms with van der Waals surface area (Å²) >= 11 is 0. The molecule has 0 spiro atoms. The first-order chi connectivity index (χ1) is 3.12. The van der Waals surface area contributed by atoms with E-state index in [1.807, 2.05) is 5.43 Å². The van der Waals surface area contributed by atoms with Crippen LogP contribution in [0.5, 0.6) is 0 Å². The van der Waals surface area contributed by atoms with Gasteiger partial charge in [0.2, 0.25) is 0 Å². The van der Waals surface area contributed by atoms with Crippen molar-refractivity contribution < 1.29 is 2.74 Å². The van der Waals surface area contributed by atoms with Crippen molar-refractivity contribution in [2.24, 2.45) is 5.84 Å². The lowest BCUT2D eigenvalue weighted by molar-refractivity contribution is 0.824. The Morgan fingerprint density at radius 2 is 2.67 bits per heavy atom. The van der Waals surface area contributed by atoms with Gasteiger partial charge in [-0.3, -0.25) is 11.3 Å². The van der Waals surface area contributed by atoms with E-state index >= 15 is 0 Å². The smallest absolute Gasteiger partial charge is 0.0487 e. The van der Waals surface area contributed by atoms with Crippen molar-refractivity contribution >= 4 is 12.4 Å². The highest BCUT2D eigenvalue weighted by atomic mass is 35.5. The minimum Gasteiger partial charge on any atom is -0.271 e. The van der Waals surface area contributed by atoms with E-state index in [-0.39, 0.29) is 12.4 Å². The number of nitrogens with two attached hydrogens (primary N) is 1. The zero-order valence-corrected chi connectivity index (χ0v) is 4.09. The lowest BCUT2D eigenvalue weighted by atomic mass is 10.7. The van der Waals surface area contributed by atoms with E-state index in [2.05, 4.69) is 6.58 Å². The summed E-state index contributed by atoms with van der Waals surface area (Å²) in [6, 6.07) is 0. The summed E-state index contributed by atoms with van der Waals surface area (Å²) in [4.78, 5) is 0. The maximum atomic E-state index is 6.74. The number of hydrazine groups is 1. The monoisotopic (exact) mass is 110 g/mol. The average Bonchev–Trinajstić information content (AvgIpc) is 1.68. The standard InChI is InChI=1S/C3H8N2.ClH/c1-2-3-5-4;/h2,5H,1,3-4H2;1H/i3D2;. The Kier molecular flexibility index (Phi) is 6.09. The lowest BCUT2D eigenvalue weighted by Crippen LogP contribution is -2.20. The number of hydrogen-bond acceptors (Lipinski definition) is 2. The highest BCUT2D eigenvalue weighted by molar-refractivity contribution is 5.85. The van der Waals surface area contributed by atoms with Crippen LogP contribution in [-0.2, 0) is 0 Å². The quantitative estimate of drug-likeness (QED) is 0.300. The first kappa shape index (κ1) is 4.12. The molecule has 0 aromatic carbocycles. The molecule has 0 aliphatic carbocycles. The van der Waals surface area contributed by atoms with Gasteiger partial charge in [0.1, 0.15) is 0 Å². The molecule has 0 aromatic heterocycles. The zero-order chi connectivity index (χ0) is 5.91. The molecule has 3 heteroatoms. The van der Waals surface area contributed by atoms with Crippen LogP contribution in [0.25, 0.3) is 0 Å². The van der Waals surface area contributed by atoms with Crippen molar-refractivity contribution in [1.29, 1.82) is 0 Å². The first-order valence-electron chi connectivity index (χ1n) is 2.24. The molecule has 0 bridgehead atoms. The number of rotatable bonds is 2. The molecule has 0 saturated heterocycles. The van der Waals surface area contributed by atoms with Crippen LogP contribution in [-0.4, -0.2) is 6.50 Å². The molecule has 0 aliphatic heterocycles. The maximum Gasteiger partial charge on any atom is 0.0487 e. The van der Waals surface area contributed by atoms with Crippen LogP contribution in [0, 0.1) is 0 Å². The molecular weight excluding hydrogens is 99.5 g/mol. The Morgan fingerprint density at radius 1 is 2.17 bits per heavy atom. The molecule has 0 aliphatic rings. The summed E-state index contributed by atoms with van der Waals surface area (Å²) in [6.45, 7) is 1.56. The normalized spacial score (nSPS) is 13.5. The van der Waals surface area contributed by atoms with Crippen molar-refractivity contribution in [3.05, 3.63) is 12.7 Å². The summed E-state index contributed by atoms with van der Waals surface area (Å²) in [5.74, 6) is 4.72. The summed E-state index contributed by atoms with van der Waals surface area (Å²) < 4.78 is 13.5. The van der Waals surface area contributed by atoms with Crippen molar-refractivity contribution in [1.82, 2.24) is 5.43 Å². The van der Waals surface area contributed by atoms with Gasteiger partial charge in [-0.05, 0) is 0 Å². The molecule has 3 N–H and O–H groups in total. The van der Waals surface area contributed by atoms with Gasteiger partial charge in [0.25, 0.3) is 0 Å². The Balaban J connectivity index is 0. The van der Waals surface area contributed by atoms with Crippen molar-refractivity contribution in [3.8, 4) is 0 Å². The van der Waals surface area contributed by atoms with Crippen molar-refractivity contribution in [2.45, 2.75) is 0 Å². The summed E-state index contributed by atoms with van der Waals surface area (Å²) in [5.41, 5.74) is 1.91. The largest absolute Gasteiger partial charge is 0.271 e. The van der Waals surface area contributed by atoms with Crippen molar-refractivity contribution in [3.63, 3.8) is 0 Å². The van der Waals surface area contributed by atoms with Gasteiger partial charge in [0, 0.05) is 9.24 Å². The highest BCUT2D eigenvalue weighted by Crippen LogP contribution is 1.46. The van der Waals surface area contributed by atoms with Crippen molar-refractivity contribution in [2.75, 3.05) is 6.50 Å². The fourth-order valence-electron chi connectivity index (χ4n) is 0.0589. The van der Waals surface area contributed by atoms with Crippen LogP contribution >= 0.6 is 12.4 Å². The van der Waals surface area contributed by atoms with Gasteiger partial charge >= 0.3 is 0 Å². The Hall–Kier alpha value is -0.0500. The lowest BCUT2D eigenvalue weighted by Gasteiger charge is -1.80. The first-order valence-corrected chi connectivity index (χ1v) is 1.24. The summed E-state index contributed by atoms with van der Waals surface area (Å²) in [7, 11) is 0. The fourth-order valence-corrected chi connectivity index (χ4v) is 0.0589. The molecular formula is C3H9ClN2. The second-order valence-electron chi connectivity index (χ2n) is 0.493. The molecule has 0 unspecified atom stereocenters. The summed E-state index contributed by atoms with van der Waals surface area (Å²) in [5, 5.41) is 0. The van der Waals surface area contributed by atoms with Crippen LogP contribution in [0.4, 0.5) is 0 Å². The van der Waals surface area contributed by atoms with E-state index < -0.39 is 6.50 Å².